The second kappa shape index (κ2) is 4.26. The molecule has 84 valence electrons. The molecule has 16 heavy (non-hydrogen) atoms. The Morgan fingerprint density at radius 1 is 1.44 bits per heavy atom. The quantitative estimate of drug-likeness (QED) is 0.846. The highest BCUT2D eigenvalue weighted by molar-refractivity contribution is 5.87. The van der Waals surface area contributed by atoms with Gasteiger partial charge in [0.2, 0.25) is 5.91 Å². The van der Waals surface area contributed by atoms with Crippen LogP contribution in [0.5, 0.6) is 5.75 Å². The van der Waals surface area contributed by atoms with Crippen LogP contribution in [0, 0.1) is 0 Å². The number of carbonyl (C=O) groups excluding carboxylic acids is 1. The second-order valence-corrected chi connectivity index (χ2v) is 3.53. The van der Waals surface area contributed by atoms with E-state index < -0.39 is 0 Å². The molecule has 1 heterocycles. The molecule has 0 bridgehead atoms. The van der Waals surface area contributed by atoms with Gasteiger partial charge in [0.25, 0.3) is 0 Å². The van der Waals surface area contributed by atoms with Gasteiger partial charge in [-0.2, -0.15) is 0 Å². The Balaban J connectivity index is 2.48. The Labute approximate surface area is 93.6 Å². The van der Waals surface area contributed by atoms with Crippen molar-refractivity contribution in [1.29, 1.82) is 0 Å². The zero-order chi connectivity index (χ0) is 11.5. The molecule has 2 aromatic rings. The summed E-state index contributed by atoms with van der Waals surface area (Å²) < 4.78 is 7.33. The van der Waals surface area contributed by atoms with E-state index in [-0.39, 0.29) is 12.5 Å². The maximum Gasteiger partial charge on any atom is 0.237 e. The van der Waals surface area contributed by atoms with Gasteiger partial charge in [-0.15, -0.1) is 0 Å². The standard InChI is InChI=1S/C12H14N2O2/c1-2-16-11-5-3-4-10-9(11)6-7-14(10)8-12(13)15/h3-7H,2,8H2,1H3,(H2,13,15). The summed E-state index contributed by atoms with van der Waals surface area (Å²) >= 11 is 0. The van der Waals surface area contributed by atoms with Crippen molar-refractivity contribution in [2.24, 2.45) is 5.73 Å². The number of fused-ring (bicyclic) bond motifs is 1. The first-order chi connectivity index (χ1) is 7.72. The number of nitrogens with zero attached hydrogens (tertiary/aromatic N) is 1. The number of hydrogen-bond acceptors (Lipinski definition) is 2. The largest absolute Gasteiger partial charge is 0.493 e. The lowest BCUT2D eigenvalue weighted by Gasteiger charge is -2.06. The SMILES string of the molecule is CCOc1cccc2c1ccn2CC(N)=O. The van der Waals surface area contributed by atoms with E-state index in [2.05, 4.69) is 0 Å². The second-order valence-electron chi connectivity index (χ2n) is 3.53. The molecule has 1 amide bonds. The van der Waals surface area contributed by atoms with Crippen molar-refractivity contribution in [1.82, 2.24) is 4.57 Å². The number of amides is 1. The lowest BCUT2D eigenvalue weighted by molar-refractivity contribution is -0.118. The number of ether oxygens (including phenoxy) is 1. The van der Waals surface area contributed by atoms with Gasteiger partial charge in [-0.1, -0.05) is 6.07 Å². The minimum Gasteiger partial charge on any atom is -0.493 e. The summed E-state index contributed by atoms with van der Waals surface area (Å²) in [4.78, 5) is 10.9. The molecule has 2 N–H and O–H groups in total. The molecular weight excluding hydrogens is 204 g/mol. The molecule has 1 aromatic heterocycles. The number of nitrogens with two attached hydrogens (primary N) is 1. The number of primary amides is 1. The zero-order valence-electron chi connectivity index (χ0n) is 9.14. The Kier molecular flexibility index (Phi) is 2.81. The van der Waals surface area contributed by atoms with Gasteiger partial charge in [0.15, 0.2) is 0 Å². The number of benzene rings is 1. The van der Waals surface area contributed by atoms with Gasteiger partial charge in [0.1, 0.15) is 12.3 Å². The van der Waals surface area contributed by atoms with Gasteiger partial charge in [0.05, 0.1) is 12.1 Å². The lowest BCUT2D eigenvalue weighted by Crippen LogP contribution is -2.17. The smallest absolute Gasteiger partial charge is 0.237 e. The van der Waals surface area contributed by atoms with Gasteiger partial charge in [0, 0.05) is 11.6 Å². The van der Waals surface area contributed by atoms with Crippen molar-refractivity contribution in [3.8, 4) is 5.75 Å². The number of carbonyl (C=O) groups is 1. The first kappa shape index (κ1) is 10.5. The normalized spacial score (nSPS) is 10.6. The molecular formula is C12H14N2O2. The van der Waals surface area contributed by atoms with Crippen LogP contribution in [-0.2, 0) is 11.3 Å². The molecule has 0 spiro atoms. The third-order valence-electron chi connectivity index (χ3n) is 2.40. The van der Waals surface area contributed by atoms with Crippen LogP contribution in [0.4, 0.5) is 0 Å². The molecule has 4 nitrogen and oxygen atoms in total. The zero-order valence-corrected chi connectivity index (χ0v) is 9.14. The van der Waals surface area contributed by atoms with Crippen molar-refractivity contribution in [2.45, 2.75) is 13.5 Å². The van der Waals surface area contributed by atoms with E-state index in [0.717, 1.165) is 16.7 Å². The van der Waals surface area contributed by atoms with E-state index in [1.807, 2.05) is 42.0 Å². The van der Waals surface area contributed by atoms with E-state index in [1.165, 1.54) is 0 Å². The average molecular weight is 218 g/mol. The summed E-state index contributed by atoms with van der Waals surface area (Å²) in [5.41, 5.74) is 6.14. The third-order valence-corrected chi connectivity index (χ3v) is 2.40. The topological polar surface area (TPSA) is 57.2 Å². The van der Waals surface area contributed by atoms with Gasteiger partial charge in [-0.25, -0.2) is 0 Å². The average Bonchev–Trinajstić information content (AvgIpc) is 2.63. The fraction of sp³-hybridized carbons (Fsp3) is 0.250. The first-order valence-corrected chi connectivity index (χ1v) is 5.21. The summed E-state index contributed by atoms with van der Waals surface area (Å²) in [7, 11) is 0. The molecule has 0 aliphatic rings. The Morgan fingerprint density at radius 2 is 2.25 bits per heavy atom. The van der Waals surface area contributed by atoms with Gasteiger partial charge >= 0.3 is 0 Å². The highest BCUT2D eigenvalue weighted by Crippen LogP contribution is 2.26. The van der Waals surface area contributed by atoms with Crippen molar-refractivity contribution < 1.29 is 9.53 Å². The molecule has 2 rings (SSSR count). The predicted molar refractivity (Wildman–Crippen MR) is 62.3 cm³/mol. The fourth-order valence-electron chi connectivity index (χ4n) is 1.78. The third kappa shape index (κ3) is 1.86. The molecule has 1 aromatic carbocycles. The van der Waals surface area contributed by atoms with Gasteiger partial charge < -0.3 is 15.0 Å². The number of aromatic nitrogens is 1. The van der Waals surface area contributed by atoms with Crippen molar-refractivity contribution in [3.05, 3.63) is 30.5 Å². The Hall–Kier alpha value is -1.97. The van der Waals surface area contributed by atoms with Crippen LogP contribution in [-0.4, -0.2) is 17.1 Å². The highest BCUT2D eigenvalue weighted by atomic mass is 16.5. The molecule has 0 saturated heterocycles. The number of rotatable bonds is 4. The summed E-state index contributed by atoms with van der Waals surface area (Å²) in [6.07, 6.45) is 1.85. The molecule has 0 fully saturated rings. The van der Waals surface area contributed by atoms with Gasteiger partial charge in [-0.05, 0) is 25.1 Å². The van der Waals surface area contributed by atoms with E-state index in [4.69, 9.17) is 10.5 Å². The number of hydrogen-bond donors (Lipinski definition) is 1. The van der Waals surface area contributed by atoms with Crippen molar-refractivity contribution in [2.75, 3.05) is 6.61 Å². The fourth-order valence-corrected chi connectivity index (χ4v) is 1.78. The maximum absolute atomic E-state index is 10.9. The highest BCUT2D eigenvalue weighted by Gasteiger charge is 2.07. The van der Waals surface area contributed by atoms with E-state index >= 15 is 0 Å². The van der Waals surface area contributed by atoms with Crippen molar-refractivity contribution >= 4 is 16.8 Å². The van der Waals surface area contributed by atoms with Crippen LogP contribution in [0.1, 0.15) is 6.92 Å². The molecule has 0 radical (unpaired) electrons. The monoisotopic (exact) mass is 218 g/mol. The van der Waals surface area contributed by atoms with E-state index in [0.29, 0.717) is 6.61 Å². The molecule has 0 atom stereocenters. The molecule has 0 aliphatic carbocycles. The minimum absolute atomic E-state index is 0.194. The molecule has 0 aliphatic heterocycles. The van der Waals surface area contributed by atoms with Crippen LogP contribution in [0.25, 0.3) is 10.9 Å². The molecule has 0 saturated carbocycles. The maximum atomic E-state index is 10.9. The summed E-state index contributed by atoms with van der Waals surface area (Å²) in [5.74, 6) is 0.488. The summed E-state index contributed by atoms with van der Waals surface area (Å²) in [6, 6.07) is 7.70. The summed E-state index contributed by atoms with van der Waals surface area (Å²) in [5, 5.41) is 1.01. The lowest BCUT2D eigenvalue weighted by atomic mass is 10.2. The van der Waals surface area contributed by atoms with Gasteiger partial charge in [-0.3, -0.25) is 4.79 Å². The van der Waals surface area contributed by atoms with E-state index in [9.17, 15) is 4.79 Å². The minimum atomic E-state index is -0.348. The summed E-state index contributed by atoms with van der Waals surface area (Å²) in [6.45, 7) is 2.76. The molecule has 4 heteroatoms. The Morgan fingerprint density at radius 3 is 2.94 bits per heavy atom. The van der Waals surface area contributed by atoms with Crippen LogP contribution < -0.4 is 10.5 Å². The first-order valence-electron chi connectivity index (χ1n) is 5.21. The predicted octanol–water partition coefficient (Wildman–Crippen LogP) is 1.53. The van der Waals surface area contributed by atoms with Crippen molar-refractivity contribution in [3.63, 3.8) is 0 Å². The Bertz CT molecular complexity index is 517. The molecule has 0 unspecified atom stereocenters. The van der Waals surface area contributed by atoms with E-state index in [1.54, 1.807) is 0 Å². The van der Waals surface area contributed by atoms with Crippen LogP contribution in [0.15, 0.2) is 30.5 Å². The van der Waals surface area contributed by atoms with Crippen LogP contribution >= 0.6 is 0 Å². The van der Waals surface area contributed by atoms with Crippen LogP contribution in [0.2, 0.25) is 0 Å². The van der Waals surface area contributed by atoms with Crippen LogP contribution in [0.3, 0.4) is 0 Å².